The van der Waals surface area contributed by atoms with Gasteiger partial charge in [-0.2, -0.15) is 0 Å². The Morgan fingerprint density at radius 3 is 2.60 bits per heavy atom. The van der Waals surface area contributed by atoms with Crippen LogP contribution in [0.2, 0.25) is 0 Å². The third kappa shape index (κ3) is 4.93. The molecule has 1 unspecified atom stereocenters. The van der Waals surface area contributed by atoms with Gasteiger partial charge in [0.05, 0.1) is 5.25 Å². The molecule has 0 bridgehead atoms. The Morgan fingerprint density at radius 1 is 1.03 bits per heavy atom. The molecule has 0 radical (unpaired) electrons. The molecule has 1 aromatic heterocycles. The number of hydrogen-bond donors (Lipinski definition) is 0. The Hall–Kier alpha value is -3.65. The molecule has 8 heteroatoms. The Morgan fingerprint density at radius 2 is 1.77 bits per heavy atom. The number of hydrogen-bond acceptors (Lipinski definition) is 5. The van der Waals surface area contributed by atoms with Crippen LogP contribution in [0.1, 0.15) is 24.7 Å². The molecule has 1 aliphatic heterocycles. The van der Waals surface area contributed by atoms with Gasteiger partial charge < -0.3 is 9.64 Å². The van der Waals surface area contributed by atoms with E-state index in [9.17, 15) is 9.18 Å². The van der Waals surface area contributed by atoms with Gasteiger partial charge in [0.1, 0.15) is 6.61 Å². The molecule has 4 aromatic rings. The van der Waals surface area contributed by atoms with Crippen molar-refractivity contribution in [3.05, 3.63) is 96.1 Å². The van der Waals surface area contributed by atoms with Crippen molar-refractivity contribution in [1.29, 1.82) is 0 Å². The number of carbonyl (C=O) groups excluding carboxylic acids is 1. The Kier molecular flexibility index (Phi) is 6.81. The van der Waals surface area contributed by atoms with Crippen molar-refractivity contribution in [2.75, 3.05) is 11.4 Å². The second-order valence-corrected chi connectivity index (χ2v) is 9.58. The van der Waals surface area contributed by atoms with E-state index in [0.717, 1.165) is 24.2 Å². The summed E-state index contributed by atoms with van der Waals surface area (Å²) in [6.07, 6.45) is 1.92. The van der Waals surface area contributed by atoms with Crippen LogP contribution in [0.5, 0.6) is 5.75 Å². The molecule has 1 atom stereocenters. The van der Waals surface area contributed by atoms with E-state index in [1.54, 1.807) is 18.2 Å². The van der Waals surface area contributed by atoms with Crippen LogP contribution in [-0.4, -0.2) is 32.5 Å². The SMILES string of the molecule is CC(Sc1nnc(COc2ccccc2F)n1-c1ccccc1)C(=O)N1CCCc2ccccc21. The van der Waals surface area contributed by atoms with E-state index in [2.05, 4.69) is 16.3 Å². The van der Waals surface area contributed by atoms with E-state index in [0.29, 0.717) is 17.5 Å². The molecule has 6 nitrogen and oxygen atoms in total. The zero-order valence-corrected chi connectivity index (χ0v) is 20.1. The molecule has 0 aliphatic carbocycles. The highest BCUT2D eigenvalue weighted by molar-refractivity contribution is 8.00. The van der Waals surface area contributed by atoms with Crippen LogP contribution < -0.4 is 9.64 Å². The molecule has 2 heterocycles. The summed E-state index contributed by atoms with van der Waals surface area (Å²) in [6.45, 7) is 2.63. The third-order valence-electron chi connectivity index (χ3n) is 5.91. The maximum Gasteiger partial charge on any atom is 0.240 e. The summed E-state index contributed by atoms with van der Waals surface area (Å²) in [5, 5.41) is 8.89. The molecule has 35 heavy (non-hydrogen) atoms. The first kappa shape index (κ1) is 23.1. The number of amides is 1. The van der Waals surface area contributed by atoms with Gasteiger partial charge in [0.15, 0.2) is 22.5 Å². The molecular weight excluding hydrogens is 463 g/mol. The average molecular weight is 489 g/mol. The van der Waals surface area contributed by atoms with Gasteiger partial charge in [-0.3, -0.25) is 9.36 Å². The van der Waals surface area contributed by atoms with Crippen LogP contribution in [0.25, 0.3) is 5.69 Å². The summed E-state index contributed by atoms with van der Waals surface area (Å²) in [5.74, 6) is 0.268. The van der Waals surface area contributed by atoms with Gasteiger partial charge in [0, 0.05) is 17.9 Å². The number of halogens is 1. The number of fused-ring (bicyclic) bond motifs is 1. The lowest BCUT2D eigenvalue weighted by molar-refractivity contribution is -0.117. The van der Waals surface area contributed by atoms with Gasteiger partial charge in [0.2, 0.25) is 5.91 Å². The number of aryl methyl sites for hydroxylation is 1. The quantitative estimate of drug-likeness (QED) is 0.324. The maximum atomic E-state index is 14.1. The van der Waals surface area contributed by atoms with Gasteiger partial charge >= 0.3 is 0 Å². The van der Waals surface area contributed by atoms with Crippen molar-refractivity contribution in [3.8, 4) is 11.4 Å². The number of para-hydroxylation sites is 3. The fraction of sp³-hybridized carbons (Fsp3) is 0.222. The molecule has 0 saturated heterocycles. The molecule has 1 aliphatic rings. The third-order valence-corrected chi connectivity index (χ3v) is 6.94. The van der Waals surface area contributed by atoms with Gasteiger partial charge in [0.25, 0.3) is 0 Å². The van der Waals surface area contributed by atoms with E-state index in [1.165, 1.54) is 23.4 Å². The van der Waals surface area contributed by atoms with Crippen LogP contribution in [0.3, 0.4) is 0 Å². The first-order chi connectivity index (χ1) is 17.1. The van der Waals surface area contributed by atoms with Gasteiger partial charge in [-0.1, -0.05) is 60.3 Å². The zero-order chi connectivity index (χ0) is 24.2. The maximum absolute atomic E-state index is 14.1. The summed E-state index contributed by atoms with van der Waals surface area (Å²) in [5.41, 5.74) is 3.03. The second kappa shape index (κ2) is 10.3. The smallest absolute Gasteiger partial charge is 0.240 e. The van der Waals surface area contributed by atoms with Crippen LogP contribution in [-0.2, 0) is 17.8 Å². The zero-order valence-electron chi connectivity index (χ0n) is 19.3. The van der Waals surface area contributed by atoms with E-state index in [4.69, 9.17) is 4.74 Å². The molecule has 3 aromatic carbocycles. The van der Waals surface area contributed by atoms with E-state index in [1.807, 2.05) is 64.9 Å². The first-order valence-electron chi connectivity index (χ1n) is 11.5. The minimum absolute atomic E-state index is 0.0330. The lowest BCUT2D eigenvalue weighted by Gasteiger charge is -2.31. The number of ether oxygens (including phenoxy) is 1. The fourth-order valence-electron chi connectivity index (χ4n) is 4.20. The van der Waals surface area contributed by atoms with Crippen LogP contribution in [0, 0.1) is 5.82 Å². The summed E-state index contributed by atoms with van der Waals surface area (Å²) in [7, 11) is 0. The largest absolute Gasteiger partial charge is 0.483 e. The summed E-state index contributed by atoms with van der Waals surface area (Å²) in [6, 6.07) is 24.0. The van der Waals surface area contributed by atoms with Gasteiger partial charge in [-0.05, 0) is 55.7 Å². The van der Waals surface area contributed by atoms with Crippen molar-refractivity contribution < 1.29 is 13.9 Å². The van der Waals surface area contributed by atoms with E-state index >= 15 is 0 Å². The van der Waals surface area contributed by atoms with E-state index < -0.39 is 5.82 Å². The Labute approximate surface area is 207 Å². The number of carbonyl (C=O) groups is 1. The molecule has 1 amide bonds. The topological polar surface area (TPSA) is 60.3 Å². The number of thioether (sulfide) groups is 1. The first-order valence-corrected chi connectivity index (χ1v) is 12.4. The number of anilines is 1. The van der Waals surface area contributed by atoms with Gasteiger partial charge in [-0.25, -0.2) is 4.39 Å². The molecule has 0 N–H and O–H groups in total. The molecule has 0 spiro atoms. The number of benzene rings is 3. The van der Waals surface area contributed by atoms with Crippen LogP contribution in [0.4, 0.5) is 10.1 Å². The minimum Gasteiger partial charge on any atom is -0.483 e. The monoisotopic (exact) mass is 488 g/mol. The van der Waals surface area contributed by atoms with Crippen LogP contribution in [0.15, 0.2) is 84.0 Å². The lowest BCUT2D eigenvalue weighted by atomic mass is 10.0. The molecule has 0 saturated carbocycles. The molecular formula is C27H25FN4O2S. The predicted molar refractivity (Wildman–Crippen MR) is 135 cm³/mol. The number of nitrogens with zero attached hydrogens (tertiary/aromatic N) is 4. The molecule has 5 rings (SSSR count). The summed E-state index contributed by atoms with van der Waals surface area (Å²) >= 11 is 1.36. The van der Waals surface area contributed by atoms with Crippen molar-refractivity contribution >= 4 is 23.4 Å². The summed E-state index contributed by atoms with van der Waals surface area (Å²) < 4.78 is 21.6. The Bertz CT molecular complexity index is 1330. The highest BCUT2D eigenvalue weighted by Gasteiger charge is 2.28. The predicted octanol–water partition coefficient (Wildman–Crippen LogP) is 5.45. The summed E-state index contributed by atoms with van der Waals surface area (Å²) in [4.78, 5) is 15.3. The standard InChI is InChI=1S/C27H25FN4O2S/c1-19(26(33)31-17-9-11-20-10-5-7-15-23(20)31)35-27-30-29-25(32(27)21-12-3-2-4-13-21)18-34-24-16-8-6-14-22(24)28/h2-8,10,12-16,19H,9,11,17-18H2,1H3. The molecule has 0 fully saturated rings. The average Bonchev–Trinajstić information content (AvgIpc) is 3.30. The second-order valence-electron chi connectivity index (χ2n) is 8.27. The van der Waals surface area contributed by atoms with Crippen molar-refractivity contribution in [2.45, 2.75) is 36.8 Å². The lowest BCUT2D eigenvalue weighted by Crippen LogP contribution is -2.40. The number of aromatic nitrogens is 3. The minimum atomic E-state index is -0.436. The number of rotatable bonds is 7. The van der Waals surface area contributed by atoms with Crippen molar-refractivity contribution in [2.24, 2.45) is 0 Å². The van der Waals surface area contributed by atoms with Crippen molar-refractivity contribution in [1.82, 2.24) is 14.8 Å². The van der Waals surface area contributed by atoms with Crippen LogP contribution >= 0.6 is 11.8 Å². The highest BCUT2D eigenvalue weighted by atomic mass is 32.2. The Balaban J connectivity index is 1.40. The van der Waals surface area contributed by atoms with Crippen molar-refractivity contribution in [3.63, 3.8) is 0 Å². The van der Waals surface area contributed by atoms with E-state index in [-0.39, 0.29) is 23.5 Å². The van der Waals surface area contributed by atoms with Gasteiger partial charge in [-0.15, -0.1) is 10.2 Å². The molecule has 178 valence electrons. The highest BCUT2D eigenvalue weighted by Crippen LogP contribution is 2.32. The fourth-order valence-corrected chi connectivity index (χ4v) is 5.15. The normalized spacial score (nSPS) is 13.8.